The Bertz CT molecular complexity index is 472. The molecule has 1 heterocycles. The highest BCUT2D eigenvalue weighted by Gasteiger charge is 2.31. The van der Waals surface area contributed by atoms with Crippen molar-refractivity contribution in [3.05, 3.63) is 29.6 Å². The summed E-state index contributed by atoms with van der Waals surface area (Å²) in [5.74, 6) is 1.53. The van der Waals surface area contributed by atoms with E-state index in [4.69, 9.17) is 5.73 Å². The van der Waals surface area contributed by atoms with Gasteiger partial charge in [0, 0.05) is 19.1 Å². The Morgan fingerprint density at radius 3 is 2.65 bits per heavy atom. The standard InChI is InChI=1S/C17H25FN2/c1-12(19)14-6-7-17(16(18)10-14)20-9-8-13-4-2-3-5-15(13)11-20/h6-7,10,12-13,15H,2-5,8-9,11,19H2,1H3/t12-,13?,15?/m0/s1. The van der Waals surface area contributed by atoms with Crippen LogP contribution in [0.2, 0.25) is 0 Å². The molecule has 1 aliphatic carbocycles. The van der Waals surface area contributed by atoms with Crippen molar-refractivity contribution in [1.29, 1.82) is 0 Å². The van der Waals surface area contributed by atoms with Gasteiger partial charge in [-0.3, -0.25) is 0 Å². The van der Waals surface area contributed by atoms with Gasteiger partial charge in [0.05, 0.1) is 5.69 Å². The van der Waals surface area contributed by atoms with Crippen LogP contribution in [0.1, 0.15) is 50.6 Å². The second kappa shape index (κ2) is 5.72. The molecule has 1 aliphatic heterocycles. The summed E-state index contributed by atoms with van der Waals surface area (Å²) in [5.41, 5.74) is 7.45. The SMILES string of the molecule is C[C@H](N)c1ccc(N2CCC3CCCCC3C2)c(F)c1. The third-order valence-corrected chi connectivity index (χ3v) is 5.13. The summed E-state index contributed by atoms with van der Waals surface area (Å²) in [7, 11) is 0. The molecule has 2 N–H and O–H groups in total. The Labute approximate surface area is 121 Å². The third-order valence-electron chi connectivity index (χ3n) is 5.13. The minimum Gasteiger partial charge on any atom is -0.369 e. The van der Waals surface area contributed by atoms with Gasteiger partial charge in [-0.05, 0) is 49.3 Å². The lowest BCUT2D eigenvalue weighted by atomic mass is 9.75. The molecule has 1 aromatic carbocycles. The summed E-state index contributed by atoms with van der Waals surface area (Å²) in [6, 6.07) is 5.38. The quantitative estimate of drug-likeness (QED) is 0.888. The normalized spacial score (nSPS) is 28.1. The minimum absolute atomic E-state index is 0.109. The van der Waals surface area contributed by atoms with Crippen LogP contribution in [0.15, 0.2) is 18.2 Å². The zero-order chi connectivity index (χ0) is 14.1. The van der Waals surface area contributed by atoms with Crippen molar-refractivity contribution >= 4 is 5.69 Å². The number of hydrogen-bond donors (Lipinski definition) is 1. The number of fused-ring (bicyclic) bond motifs is 1. The van der Waals surface area contributed by atoms with Crippen LogP contribution in [0, 0.1) is 17.7 Å². The molecule has 2 nitrogen and oxygen atoms in total. The van der Waals surface area contributed by atoms with Gasteiger partial charge in [-0.25, -0.2) is 4.39 Å². The minimum atomic E-state index is -0.117. The van der Waals surface area contributed by atoms with E-state index in [9.17, 15) is 4.39 Å². The molecule has 2 aliphatic rings. The number of rotatable bonds is 2. The summed E-state index contributed by atoms with van der Waals surface area (Å²) in [4.78, 5) is 2.24. The predicted octanol–water partition coefficient (Wildman–Crippen LogP) is 3.86. The average molecular weight is 276 g/mol. The fourth-order valence-electron chi connectivity index (χ4n) is 3.88. The van der Waals surface area contributed by atoms with Gasteiger partial charge in [0.25, 0.3) is 0 Å². The third kappa shape index (κ3) is 2.69. The van der Waals surface area contributed by atoms with Gasteiger partial charge in [-0.1, -0.05) is 25.3 Å². The summed E-state index contributed by atoms with van der Waals surface area (Å²) >= 11 is 0. The first kappa shape index (κ1) is 13.9. The molecular formula is C17H25FN2. The molecule has 20 heavy (non-hydrogen) atoms. The molecular weight excluding hydrogens is 251 g/mol. The number of halogens is 1. The van der Waals surface area contributed by atoms with Crippen molar-refractivity contribution in [2.75, 3.05) is 18.0 Å². The monoisotopic (exact) mass is 276 g/mol. The Morgan fingerprint density at radius 1 is 1.20 bits per heavy atom. The van der Waals surface area contributed by atoms with E-state index in [0.717, 1.165) is 36.2 Å². The van der Waals surface area contributed by atoms with Gasteiger partial charge >= 0.3 is 0 Å². The lowest BCUT2D eigenvalue weighted by molar-refractivity contribution is 0.202. The van der Waals surface area contributed by atoms with Crippen LogP contribution in [-0.2, 0) is 0 Å². The Hall–Kier alpha value is -1.09. The summed E-state index contributed by atoms with van der Waals surface area (Å²) in [6.07, 6.45) is 6.66. The molecule has 3 heteroatoms. The van der Waals surface area contributed by atoms with Crippen LogP contribution < -0.4 is 10.6 Å². The van der Waals surface area contributed by atoms with Gasteiger partial charge in [0.15, 0.2) is 0 Å². The summed E-state index contributed by atoms with van der Waals surface area (Å²) in [5, 5.41) is 0. The predicted molar refractivity (Wildman–Crippen MR) is 81.3 cm³/mol. The summed E-state index contributed by atoms with van der Waals surface area (Å²) < 4.78 is 14.3. The highest BCUT2D eigenvalue weighted by atomic mass is 19.1. The number of nitrogens with two attached hydrogens (primary N) is 1. The van der Waals surface area contributed by atoms with Crippen molar-refractivity contribution in [3.8, 4) is 0 Å². The molecule has 1 saturated heterocycles. The van der Waals surface area contributed by atoms with E-state index in [1.54, 1.807) is 6.07 Å². The van der Waals surface area contributed by atoms with Crippen LogP contribution in [0.25, 0.3) is 0 Å². The van der Waals surface area contributed by atoms with E-state index in [1.807, 2.05) is 19.1 Å². The van der Waals surface area contributed by atoms with Crippen molar-refractivity contribution in [1.82, 2.24) is 0 Å². The Morgan fingerprint density at radius 2 is 1.95 bits per heavy atom. The smallest absolute Gasteiger partial charge is 0.146 e. The molecule has 110 valence electrons. The molecule has 2 unspecified atom stereocenters. The first-order valence-corrected chi connectivity index (χ1v) is 7.95. The van der Waals surface area contributed by atoms with E-state index in [1.165, 1.54) is 32.1 Å². The van der Waals surface area contributed by atoms with Crippen molar-refractivity contribution < 1.29 is 4.39 Å². The maximum Gasteiger partial charge on any atom is 0.146 e. The van der Waals surface area contributed by atoms with E-state index in [-0.39, 0.29) is 11.9 Å². The molecule has 3 rings (SSSR count). The maximum absolute atomic E-state index is 14.3. The number of piperidine rings is 1. The van der Waals surface area contributed by atoms with Gasteiger partial charge < -0.3 is 10.6 Å². The van der Waals surface area contributed by atoms with Crippen molar-refractivity contribution in [2.45, 2.75) is 45.1 Å². The number of hydrogen-bond acceptors (Lipinski definition) is 2. The molecule has 0 aromatic heterocycles. The molecule has 0 amide bonds. The second-order valence-corrected chi connectivity index (χ2v) is 6.54. The van der Waals surface area contributed by atoms with E-state index >= 15 is 0 Å². The highest BCUT2D eigenvalue weighted by Crippen LogP contribution is 2.38. The molecule has 3 atom stereocenters. The maximum atomic E-state index is 14.3. The molecule has 0 spiro atoms. The fraction of sp³-hybridized carbons (Fsp3) is 0.647. The van der Waals surface area contributed by atoms with Crippen LogP contribution in [0.5, 0.6) is 0 Å². The zero-order valence-electron chi connectivity index (χ0n) is 12.3. The Kier molecular flexibility index (Phi) is 3.97. The molecule has 0 radical (unpaired) electrons. The number of benzene rings is 1. The largest absolute Gasteiger partial charge is 0.369 e. The fourth-order valence-corrected chi connectivity index (χ4v) is 3.88. The van der Waals surface area contributed by atoms with Crippen LogP contribution in [0.3, 0.4) is 0 Å². The van der Waals surface area contributed by atoms with Gasteiger partial charge in [0.1, 0.15) is 5.82 Å². The van der Waals surface area contributed by atoms with Gasteiger partial charge in [0.2, 0.25) is 0 Å². The van der Waals surface area contributed by atoms with Crippen LogP contribution >= 0.6 is 0 Å². The second-order valence-electron chi connectivity index (χ2n) is 6.54. The van der Waals surface area contributed by atoms with E-state index in [0.29, 0.717) is 0 Å². The average Bonchev–Trinajstić information content (AvgIpc) is 2.46. The van der Waals surface area contributed by atoms with Crippen molar-refractivity contribution in [3.63, 3.8) is 0 Å². The molecule has 0 bridgehead atoms. The lowest BCUT2D eigenvalue weighted by Gasteiger charge is -2.42. The van der Waals surface area contributed by atoms with Gasteiger partial charge in [-0.2, -0.15) is 0 Å². The van der Waals surface area contributed by atoms with Crippen LogP contribution in [-0.4, -0.2) is 13.1 Å². The molecule has 1 saturated carbocycles. The first-order valence-electron chi connectivity index (χ1n) is 7.95. The summed E-state index contributed by atoms with van der Waals surface area (Å²) in [6.45, 7) is 3.91. The van der Waals surface area contributed by atoms with E-state index in [2.05, 4.69) is 4.90 Å². The first-order chi connectivity index (χ1) is 9.65. The lowest BCUT2D eigenvalue weighted by Crippen LogP contribution is -2.42. The van der Waals surface area contributed by atoms with Gasteiger partial charge in [-0.15, -0.1) is 0 Å². The molecule has 1 aromatic rings. The Balaban J connectivity index is 1.76. The van der Waals surface area contributed by atoms with Crippen LogP contribution in [0.4, 0.5) is 10.1 Å². The van der Waals surface area contributed by atoms with Crippen molar-refractivity contribution in [2.24, 2.45) is 17.6 Å². The number of anilines is 1. The number of nitrogens with zero attached hydrogens (tertiary/aromatic N) is 1. The highest BCUT2D eigenvalue weighted by molar-refractivity contribution is 5.50. The van der Waals surface area contributed by atoms with E-state index < -0.39 is 0 Å². The molecule has 2 fully saturated rings. The topological polar surface area (TPSA) is 29.3 Å². The zero-order valence-corrected chi connectivity index (χ0v) is 12.3.